The smallest absolute Gasteiger partial charge is 0.225 e. The minimum atomic E-state index is -0.380. The summed E-state index contributed by atoms with van der Waals surface area (Å²) in [6.45, 7) is 5.28. The number of anilines is 2. The molecule has 0 aromatic carbocycles. The molecular formula is C19H31N5O5. The fraction of sp³-hybridized carbons (Fsp3) is 0.632. The van der Waals surface area contributed by atoms with Gasteiger partial charge < -0.3 is 35.5 Å². The van der Waals surface area contributed by atoms with Crippen LogP contribution in [0.3, 0.4) is 0 Å². The van der Waals surface area contributed by atoms with Crippen LogP contribution in [0.5, 0.6) is 0 Å². The first-order chi connectivity index (χ1) is 14.1. The van der Waals surface area contributed by atoms with Gasteiger partial charge in [0.2, 0.25) is 11.8 Å². The highest BCUT2D eigenvalue weighted by molar-refractivity contribution is 5.76. The number of hydrogen-bond donors (Lipinski definition) is 2. The number of piperazine rings is 1. The molecule has 0 unspecified atom stereocenters. The fourth-order valence-electron chi connectivity index (χ4n) is 2.83. The Balaban J connectivity index is 1.46. The van der Waals surface area contributed by atoms with Gasteiger partial charge in [-0.05, 0) is 12.1 Å². The summed E-state index contributed by atoms with van der Waals surface area (Å²) in [6, 6.07) is 3.73. The number of carbonyl (C=O) groups is 2. The summed E-state index contributed by atoms with van der Waals surface area (Å²) in [5.74, 6) is 0.222. The lowest BCUT2D eigenvalue weighted by molar-refractivity contribution is -0.132. The van der Waals surface area contributed by atoms with Gasteiger partial charge in [-0.2, -0.15) is 0 Å². The number of nitrogen functional groups attached to an aromatic ring is 1. The Morgan fingerprint density at radius 2 is 1.48 bits per heavy atom. The molecule has 1 fully saturated rings. The van der Waals surface area contributed by atoms with E-state index >= 15 is 0 Å². The Labute approximate surface area is 171 Å². The van der Waals surface area contributed by atoms with Crippen LogP contribution in [0.25, 0.3) is 0 Å². The van der Waals surface area contributed by atoms with Gasteiger partial charge in [-0.25, -0.2) is 4.98 Å². The molecule has 0 radical (unpaired) electrons. The number of carbonyl (C=O) groups excluding carboxylic acids is 2. The molecule has 1 saturated heterocycles. The number of nitrogens with two attached hydrogens (primary N) is 2. The molecule has 0 saturated carbocycles. The van der Waals surface area contributed by atoms with Crippen LogP contribution in [0.1, 0.15) is 12.8 Å². The molecule has 2 amide bonds. The third-order valence-electron chi connectivity index (χ3n) is 4.47. The molecule has 0 aliphatic carbocycles. The molecule has 2 rings (SSSR count). The molecule has 2 heterocycles. The second-order valence-corrected chi connectivity index (χ2v) is 6.61. The van der Waals surface area contributed by atoms with E-state index < -0.39 is 0 Å². The van der Waals surface area contributed by atoms with E-state index in [2.05, 4.69) is 9.88 Å². The minimum absolute atomic E-state index is 0.101. The van der Waals surface area contributed by atoms with Crippen LogP contribution < -0.4 is 16.4 Å². The molecule has 10 nitrogen and oxygen atoms in total. The van der Waals surface area contributed by atoms with E-state index in [1.807, 2.05) is 11.0 Å². The van der Waals surface area contributed by atoms with Gasteiger partial charge in [0.1, 0.15) is 5.82 Å². The highest BCUT2D eigenvalue weighted by Crippen LogP contribution is 2.16. The van der Waals surface area contributed by atoms with Crippen LogP contribution in [0, 0.1) is 0 Å². The Morgan fingerprint density at radius 3 is 2.03 bits per heavy atom. The molecule has 0 bridgehead atoms. The van der Waals surface area contributed by atoms with E-state index in [4.69, 9.17) is 25.7 Å². The van der Waals surface area contributed by atoms with E-state index in [0.717, 1.165) is 18.8 Å². The standard InChI is InChI=1S/C19H31N5O5/c20-17-2-1-16(15-22-17)23-5-7-24(8-6-23)19(26)4-10-28-12-14-29-13-11-27-9-3-18(21)25/h1-2,15H,3-14H2,(H2,20,22)(H2,21,25). The maximum atomic E-state index is 12.3. The van der Waals surface area contributed by atoms with Gasteiger partial charge in [-0.3, -0.25) is 9.59 Å². The van der Waals surface area contributed by atoms with Crippen molar-refractivity contribution in [2.24, 2.45) is 5.73 Å². The first-order valence-corrected chi connectivity index (χ1v) is 9.82. The first-order valence-electron chi connectivity index (χ1n) is 9.82. The number of aromatic nitrogens is 1. The van der Waals surface area contributed by atoms with Crippen molar-refractivity contribution in [1.82, 2.24) is 9.88 Å². The number of amides is 2. The van der Waals surface area contributed by atoms with E-state index in [0.29, 0.717) is 65.0 Å². The first kappa shape index (κ1) is 22.9. The average Bonchev–Trinajstić information content (AvgIpc) is 2.72. The maximum absolute atomic E-state index is 12.3. The summed E-state index contributed by atoms with van der Waals surface area (Å²) in [6.07, 6.45) is 2.33. The summed E-state index contributed by atoms with van der Waals surface area (Å²) in [5, 5.41) is 0. The minimum Gasteiger partial charge on any atom is -0.384 e. The number of ether oxygens (including phenoxy) is 3. The number of rotatable bonds is 13. The Morgan fingerprint density at radius 1 is 0.897 bits per heavy atom. The number of pyridine rings is 1. The van der Waals surface area contributed by atoms with E-state index in [1.165, 1.54) is 0 Å². The topological polar surface area (TPSA) is 133 Å². The third kappa shape index (κ3) is 9.07. The summed E-state index contributed by atoms with van der Waals surface area (Å²) in [4.78, 5) is 31.0. The molecule has 1 aromatic heterocycles. The zero-order valence-corrected chi connectivity index (χ0v) is 16.8. The van der Waals surface area contributed by atoms with Crippen LogP contribution >= 0.6 is 0 Å². The molecule has 162 valence electrons. The molecule has 29 heavy (non-hydrogen) atoms. The lowest BCUT2D eigenvalue weighted by Gasteiger charge is -2.36. The monoisotopic (exact) mass is 409 g/mol. The van der Waals surface area contributed by atoms with Gasteiger partial charge in [0.15, 0.2) is 0 Å². The van der Waals surface area contributed by atoms with Gasteiger partial charge in [-0.1, -0.05) is 0 Å². The largest absolute Gasteiger partial charge is 0.384 e. The molecule has 4 N–H and O–H groups in total. The van der Waals surface area contributed by atoms with Crippen molar-refractivity contribution in [3.63, 3.8) is 0 Å². The molecular weight excluding hydrogens is 378 g/mol. The molecule has 1 aliphatic rings. The number of nitrogens with zero attached hydrogens (tertiary/aromatic N) is 3. The SMILES string of the molecule is NC(=O)CCOCCOCCOCCC(=O)N1CCN(c2ccc(N)nc2)CC1. The van der Waals surface area contributed by atoms with Crippen molar-refractivity contribution in [1.29, 1.82) is 0 Å². The quantitative estimate of drug-likeness (QED) is 0.422. The van der Waals surface area contributed by atoms with Gasteiger partial charge in [-0.15, -0.1) is 0 Å². The lowest BCUT2D eigenvalue weighted by atomic mass is 10.2. The predicted molar refractivity (Wildman–Crippen MR) is 108 cm³/mol. The molecule has 1 aliphatic heterocycles. The van der Waals surface area contributed by atoms with Gasteiger partial charge in [0.05, 0.1) is 57.9 Å². The van der Waals surface area contributed by atoms with Gasteiger partial charge in [0.25, 0.3) is 0 Å². The van der Waals surface area contributed by atoms with Crippen LogP contribution in [0.4, 0.5) is 11.5 Å². The van der Waals surface area contributed by atoms with Crippen LogP contribution in [0.15, 0.2) is 18.3 Å². The van der Waals surface area contributed by atoms with Crippen molar-refractivity contribution < 1.29 is 23.8 Å². The van der Waals surface area contributed by atoms with Crippen molar-refractivity contribution in [3.8, 4) is 0 Å². The van der Waals surface area contributed by atoms with E-state index in [9.17, 15) is 9.59 Å². The second kappa shape index (κ2) is 12.9. The zero-order valence-electron chi connectivity index (χ0n) is 16.8. The van der Waals surface area contributed by atoms with E-state index in [-0.39, 0.29) is 18.2 Å². The van der Waals surface area contributed by atoms with Crippen molar-refractivity contribution >= 4 is 23.3 Å². The van der Waals surface area contributed by atoms with Crippen LogP contribution in [0.2, 0.25) is 0 Å². The molecule has 1 aromatic rings. The molecule has 0 spiro atoms. The Bertz CT molecular complexity index is 620. The highest BCUT2D eigenvalue weighted by atomic mass is 16.5. The average molecular weight is 409 g/mol. The second-order valence-electron chi connectivity index (χ2n) is 6.61. The Kier molecular flexibility index (Phi) is 10.2. The summed E-state index contributed by atoms with van der Waals surface area (Å²) < 4.78 is 16.0. The van der Waals surface area contributed by atoms with Crippen molar-refractivity contribution in [2.75, 3.05) is 76.5 Å². The third-order valence-corrected chi connectivity index (χ3v) is 4.47. The van der Waals surface area contributed by atoms with Crippen LogP contribution in [-0.4, -0.2) is 87.5 Å². The van der Waals surface area contributed by atoms with Crippen molar-refractivity contribution in [2.45, 2.75) is 12.8 Å². The summed E-state index contributed by atoms with van der Waals surface area (Å²) in [5.41, 5.74) is 11.6. The number of hydrogen-bond acceptors (Lipinski definition) is 8. The summed E-state index contributed by atoms with van der Waals surface area (Å²) >= 11 is 0. The van der Waals surface area contributed by atoms with Crippen molar-refractivity contribution in [3.05, 3.63) is 18.3 Å². The molecule has 0 atom stereocenters. The normalized spacial score (nSPS) is 14.2. The van der Waals surface area contributed by atoms with Gasteiger partial charge >= 0.3 is 0 Å². The lowest BCUT2D eigenvalue weighted by Crippen LogP contribution is -2.49. The fourth-order valence-corrected chi connectivity index (χ4v) is 2.83. The van der Waals surface area contributed by atoms with Gasteiger partial charge in [0, 0.05) is 32.6 Å². The van der Waals surface area contributed by atoms with E-state index in [1.54, 1.807) is 12.3 Å². The predicted octanol–water partition coefficient (Wildman–Crippen LogP) is -0.372. The van der Waals surface area contributed by atoms with Crippen LogP contribution in [-0.2, 0) is 23.8 Å². The molecule has 10 heteroatoms. The maximum Gasteiger partial charge on any atom is 0.225 e. The highest BCUT2D eigenvalue weighted by Gasteiger charge is 2.21. The number of primary amides is 1. The Hall–Kier alpha value is -2.43. The summed E-state index contributed by atoms with van der Waals surface area (Å²) in [7, 11) is 0. The zero-order chi connectivity index (χ0) is 20.9.